The third kappa shape index (κ3) is 3.78. The summed E-state index contributed by atoms with van der Waals surface area (Å²) in [6.07, 6.45) is 2.87. The number of pyridine rings is 1. The van der Waals surface area contributed by atoms with Crippen molar-refractivity contribution in [3.63, 3.8) is 0 Å². The highest BCUT2D eigenvalue weighted by atomic mass is 32.2. The van der Waals surface area contributed by atoms with E-state index in [1.807, 2.05) is 19.3 Å². The lowest BCUT2D eigenvalue weighted by Crippen LogP contribution is -2.16. The van der Waals surface area contributed by atoms with Crippen LogP contribution in [0.15, 0.2) is 52.4 Å². The first-order chi connectivity index (χ1) is 9.22. The van der Waals surface area contributed by atoms with Gasteiger partial charge in [0.15, 0.2) is 0 Å². The van der Waals surface area contributed by atoms with Gasteiger partial charge in [0.1, 0.15) is 5.82 Å². The fraction of sp³-hybridized carbons (Fsp3) is 0.267. The first-order valence-corrected chi connectivity index (χ1v) is 7.11. The zero-order valence-electron chi connectivity index (χ0n) is 11.1. The minimum atomic E-state index is -0.211. The molecule has 2 nitrogen and oxygen atoms in total. The molecule has 0 radical (unpaired) electrons. The van der Waals surface area contributed by atoms with Crippen LogP contribution in [-0.4, -0.2) is 12.0 Å². The molecule has 0 aliphatic carbocycles. The molecule has 1 heterocycles. The zero-order chi connectivity index (χ0) is 13.7. The lowest BCUT2D eigenvalue weighted by Gasteiger charge is -2.13. The average molecular weight is 276 g/mol. The van der Waals surface area contributed by atoms with Crippen molar-refractivity contribution in [2.75, 3.05) is 7.05 Å². The number of benzene rings is 1. The summed E-state index contributed by atoms with van der Waals surface area (Å²) in [5, 5.41) is 3.23. The molecule has 1 unspecified atom stereocenters. The Morgan fingerprint density at radius 3 is 2.37 bits per heavy atom. The van der Waals surface area contributed by atoms with E-state index in [0.717, 1.165) is 21.9 Å². The van der Waals surface area contributed by atoms with E-state index >= 15 is 0 Å². The standard InChI is InChI=1S/C15H17FN2S/c1-3-14(17-2)15-9-8-13(10-18-15)19-12-6-4-11(16)5-7-12/h4-10,14,17H,3H2,1-2H3. The molecule has 0 bridgehead atoms. The van der Waals surface area contributed by atoms with Gasteiger partial charge in [-0.15, -0.1) is 0 Å². The predicted octanol–water partition coefficient (Wildman–Crippen LogP) is 4.04. The highest BCUT2D eigenvalue weighted by molar-refractivity contribution is 7.99. The van der Waals surface area contributed by atoms with Crippen LogP contribution >= 0.6 is 11.8 Å². The third-order valence-electron chi connectivity index (χ3n) is 2.92. The fourth-order valence-electron chi connectivity index (χ4n) is 1.86. The maximum atomic E-state index is 12.8. The molecule has 2 rings (SSSR count). The molecule has 0 saturated heterocycles. The number of nitrogens with one attached hydrogen (secondary N) is 1. The first kappa shape index (κ1) is 14.0. The lowest BCUT2D eigenvalue weighted by molar-refractivity contribution is 0.561. The predicted molar refractivity (Wildman–Crippen MR) is 76.9 cm³/mol. The second kappa shape index (κ2) is 6.68. The number of nitrogens with zero attached hydrogens (tertiary/aromatic N) is 1. The van der Waals surface area contributed by atoms with Gasteiger partial charge >= 0.3 is 0 Å². The van der Waals surface area contributed by atoms with Gasteiger partial charge in [-0.1, -0.05) is 18.7 Å². The maximum Gasteiger partial charge on any atom is 0.123 e. The van der Waals surface area contributed by atoms with Crippen LogP contribution in [0.3, 0.4) is 0 Å². The molecule has 1 aromatic heterocycles. The van der Waals surface area contributed by atoms with Crippen molar-refractivity contribution < 1.29 is 4.39 Å². The Bertz CT molecular complexity index is 507. The average Bonchev–Trinajstić information content (AvgIpc) is 2.44. The Morgan fingerprint density at radius 1 is 1.16 bits per heavy atom. The number of rotatable bonds is 5. The Balaban J connectivity index is 2.08. The monoisotopic (exact) mass is 276 g/mol. The molecule has 1 atom stereocenters. The topological polar surface area (TPSA) is 24.9 Å². The van der Waals surface area contributed by atoms with Gasteiger partial charge in [0.05, 0.1) is 5.69 Å². The maximum absolute atomic E-state index is 12.8. The largest absolute Gasteiger partial charge is 0.312 e. The second-order valence-corrected chi connectivity index (χ2v) is 5.37. The van der Waals surface area contributed by atoms with Gasteiger partial charge in [0, 0.05) is 22.0 Å². The molecule has 2 aromatic rings. The van der Waals surface area contributed by atoms with Crippen molar-refractivity contribution in [1.82, 2.24) is 10.3 Å². The van der Waals surface area contributed by atoms with Crippen LogP contribution in [0.2, 0.25) is 0 Å². The van der Waals surface area contributed by atoms with Gasteiger partial charge in [-0.3, -0.25) is 4.98 Å². The molecule has 0 fully saturated rings. The molecule has 4 heteroatoms. The number of halogens is 1. The summed E-state index contributed by atoms with van der Waals surface area (Å²) in [7, 11) is 1.94. The van der Waals surface area contributed by atoms with Crippen LogP contribution in [0.1, 0.15) is 25.1 Å². The lowest BCUT2D eigenvalue weighted by atomic mass is 10.1. The van der Waals surface area contributed by atoms with E-state index in [0.29, 0.717) is 6.04 Å². The van der Waals surface area contributed by atoms with Gasteiger partial charge in [-0.25, -0.2) is 4.39 Å². The van der Waals surface area contributed by atoms with Crippen LogP contribution in [0.4, 0.5) is 4.39 Å². The normalized spacial score (nSPS) is 12.4. The van der Waals surface area contributed by atoms with E-state index in [4.69, 9.17) is 0 Å². The fourth-order valence-corrected chi connectivity index (χ4v) is 2.64. The molecule has 0 amide bonds. The van der Waals surface area contributed by atoms with E-state index in [1.54, 1.807) is 23.9 Å². The molecule has 1 aromatic carbocycles. The van der Waals surface area contributed by atoms with Crippen LogP contribution in [0.25, 0.3) is 0 Å². The smallest absolute Gasteiger partial charge is 0.123 e. The van der Waals surface area contributed by atoms with Crippen molar-refractivity contribution in [2.24, 2.45) is 0 Å². The van der Waals surface area contributed by atoms with E-state index in [2.05, 4.69) is 23.3 Å². The van der Waals surface area contributed by atoms with Gasteiger partial charge in [0.2, 0.25) is 0 Å². The van der Waals surface area contributed by atoms with Crippen LogP contribution in [-0.2, 0) is 0 Å². The summed E-state index contributed by atoms with van der Waals surface area (Å²) in [6.45, 7) is 2.13. The molecule has 0 saturated carbocycles. The minimum Gasteiger partial charge on any atom is -0.312 e. The Kier molecular flexibility index (Phi) is 4.93. The summed E-state index contributed by atoms with van der Waals surface area (Å²) >= 11 is 1.58. The number of hydrogen-bond acceptors (Lipinski definition) is 3. The van der Waals surface area contributed by atoms with Crippen LogP contribution in [0.5, 0.6) is 0 Å². The van der Waals surface area contributed by atoms with Crippen molar-refractivity contribution in [1.29, 1.82) is 0 Å². The Hall–Kier alpha value is -1.39. The first-order valence-electron chi connectivity index (χ1n) is 6.29. The van der Waals surface area contributed by atoms with Gasteiger partial charge < -0.3 is 5.32 Å². The van der Waals surface area contributed by atoms with E-state index in [9.17, 15) is 4.39 Å². The SMILES string of the molecule is CCC(NC)c1ccc(Sc2ccc(F)cc2)cn1. The molecule has 0 aliphatic rings. The van der Waals surface area contributed by atoms with Crippen LogP contribution < -0.4 is 5.32 Å². The van der Waals surface area contributed by atoms with E-state index in [1.165, 1.54) is 12.1 Å². The van der Waals surface area contributed by atoms with Crippen molar-refractivity contribution >= 4 is 11.8 Å². The quantitative estimate of drug-likeness (QED) is 0.892. The second-order valence-electron chi connectivity index (χ2n) is 4.22. The van der Waals surface area contributed by atoms with Crippen LogP contribution in [0, 0.1) is 5.82 Å². The zero-order valence-corrected chi connectivity index (χ0v) is 11.9. The van der Waals surface area contributed by atoms with Gasteiger partial charge in [-0.05, 0) is 49.9 Å². The van der Waals surface area contributed by atoms with E-state index < -0.39 is 0 Å². The Labute approximate surface area is 117 Å². The molecular formula is C15H17FN2S. The van der Waals surface area contributed by atoms with Crippen molar-refractivity contribution in [3.8, 4) is 0 Å². The molecule has 100 valence electrons. The highest BCUT2D eigenvalue weighted by Crippen LogP contribution is 2.27. The minimum absolute atomic E-state index is 0.211. The summed E-state index contributed by atoms with van der Waals surface area (Å²) in [6, 6.07) is 10.9. The molecule has 1 N–H and O–H groups in total. The van der Waals surface area contributed by atoms with Crippen molar-refractivity contribution in [3.05, 3.63) is 54.1 Å². The summed E-state index contributed by atoms with van der Waals surface area (Å²) in [5.74, 6) is -0.211. The molecule has 0 aliphatic heterocycles. The van der Waals surface area contributed by atoms with Crippen molar-refractivity contribution in [2.45, 2.75) is 29.2 Å². The summed E-state index contributed by atoms with van der Waals surface area (Å²) in [4.78, 5) is 6.54. The highest BCUT2D eigenvalue weighted by Gasteiger charge is 2.07. The third-order valence-corrected chi connectivity index (χ3v) is 3.91. The molecule has 0 spiro atoms. The van der Waals surface area contributed by atoms with E-state index in [-0.39, 0.29) is 5.82 Å². The summed E-state index contributed by atoms with van der Waals surface area (Å²) < 4.78 is 12.8. The number of hydrogen-bond donors (Lipinski definition) is 1. The summed E-state index contributed by atoms with van der Waals surface area (Å²) in [5.41, 5.74) is 1.05. The number of aromatic nitrogens is 1. The van der Waals surface area contributed by atoms with Gasteiger partial charge in [0.25, 0.3) is 0 Å². The Morgan fingerprint density at radius 2 is 1.84 bits per heavy atom. The van der Waals surface area contributed by atoms with Gasteiger partial charge in [-0.2, -0.15) is 0 Å². The molecular weight excluding hydrogens is 259 g/mol. The molecule has 19 heavy (non-hydrogen) atoms.